The topological polar surface area (TPSA) is 120 Å². The highest BCUT2D eigenvalue weighted by molar-refractivity contribution is 5.79. The zero-order valence-corrected chi connectivity index (χ0v) is 11.4. The molecule has 1 saturated heterocycles. The van der Waals surface area contributed by atoms with Crippen molar-refractivity contribution in [1.29, 1.82) is 5.26 Å². The number of carboxylic acid groups (broad SMARTS) is 1. The van der Waals surface area contributed by atoms with Gasteiger partial charge in [-0.3, -0.25) is 10.1 Å². The molecule has 2 heterocycles. The Labute approximate surface area is 120 Å². The van der Waals surface area contributed by atoms with E-state index in [0.29, 0.717) is 6.54 Å². The zero-order valence-electron chi connectivity index (χ0n) is 11.4. The van der Waals surface area contributed by atoms with Crippen molar-refractivity contribution in [3.63, 3.8) is 0 Å². The van der Waals surface area contributed by atoms with E-state index in [1.54, 1.807) is 4.90 Å². The number of carbonyl (C=O) groups is 1. The number of hydrogen-bond donors (Lipinski definition) is 1. The molecule has 8 nitrogen and oxygen atoms in total. The molecule has 0 bridgehead atoms. The molecule has 0 aliphatic carbocycles. The largest absolute Gasteiger partial charge is 0.480 e. The maximum absolute atomic E-state index is 11.5. The first-order valence-electron chi connectivity index (χ1n) is 6.49. The van der Waals surface area contributed by atoms with Crippen LogP contribution in [0.25, 0.3) is 0 Å². The highest BCUT2D eigenvalue weighted by Crippen LogP contribution is 2.30. The minimum absolute atomic E-state index is 0.0181. The summed E-state index contributed by atoms with van der Waals surface area (Å²) in [4.78, 5) is 27.1. The average molecular weight is 290 g/mol. The van der Waals surface area contributed by atoms with Crippen LogP contribution in [0.3, 0.4) is 0 Å². The Morgan fingerprint density at radius 3 is 2.95 bits per heavy atom. The van der Waals surface area contributed by atoms with Crippen molar-refractivity contribution in [2.75, 3.05) is 11.4 Å². The van der Waals surface area contributed by atoms with Crippen molar-refractivity contribution < 1.29 is 14.8 Å². The Hall–Kier alpha value is -2.69. The summed E-state index contributed by atoms with van der Waals surface area (Å²) < 4.78 is 0. The number of rotatable bonds is 3. The van der Waals surface area contributed by atoms with Gasteiger partial charge >= 0.3 is 5.97 Å². The van der Waals surface area contributed by atoms with E-state index in [0.717, 1.165) is 25.1 Å². The highest BCUT2D eigenvalue weighted by atomic mass is 16.6. The van der Waals surface area contributed by atoms with Gasteiger partial charge in [0.05, 0.1) is 4.92 Å². The predicted molar refractivity (Wildman–Crippen MR) is 72.8 cm³/mol. The average Bonchev–Trinajstić information content (AvgIpc) is 2.45. The second kappa shape index (κ2) is 5.75. The molecule has 1 aliphatic heterocycles. The van der Waals surface area contributed by atoms with E-state index in [9.17, 15) is 20.0 Å². The number of carboxylic acids is 1. The van der Waals surface area contributed by atoms with Gasteiger partial charge in [0.2, 0.25) is 0 Å². The van der Waals surface area contributed by atoms with E-state index in [4.69, 9.17) is 5.26 Å². The van der Waals surface area contributed by atoms with E-state index in [1.807, 2.05) is 13.0 Å². The smallest absolute Gasteiger partial charge is 0.326 e. The van der Waals surface area contributed by atoms with Gasteiger partial charge in [0, 0.05) is 12.6 Å². The van der Waals surface area contributed by atoms with E-state index >= 15 is 0 Å². The van der Waals surface area contributed by atoms with Crippen LogP contribution in [0.2, 0.25) is 0 Å². The van der Waals surface area contributed by atoms with Crippen molar-refractivity contribution in [2.24, 2.45) is 5.92 Å². The second-order valence-corrected chi connectivity index (χ2v) is 5.03. The van der Waals surface area contributed by atoms with Gasteiger partial charge in [-0.15, -0.1) is 0 Å². The lowest BCUT2D eigenvalue weighted by Crippen LogP contribution is -2.50. The molecule has 2 unspecified atom stereocenters. The molecule has 8 heteroatoms. The molecule has 1 aromatic heterocycles. The summed E-state index contributed by atoms with van der Waals surface area (Å²) in [6.07, 6.45) is 2.62. The fraction of sp³-hybridized carbons (Fsp3) is 0.462. The van der Waals surface area contributed by atoms with Crippen LogP contribution in [0, 0.1) is 27.4 Å². The number of hydrogen-bond acceptors (Lipinski definition) is 6. The Balaban J connectivity index is 2.46. The van der Waals surface area contributed by atoms with Crippen LogP contribution >= 0.6 is 0 Å². The summed E-state index contributed by atoms with van der Waals surface area (Å²) in [6, 6.07) is 2.21. The zero-order chi connectivity index (χ0) is 15.6. The lowest BCUT2D eigenvalue weighted by Gasteiger charge is -2.38. The van der Waals surface area contributed by atoms with Crippen molar-refractivity contribution in [2.45, 2.75) is 25.8 Å². The third kappa shape index (κ3) is 2.76. The van der Waals surface area contributed by atoms with Gasteiger partial charge in [0.25, 0.3) is 5.69 Å². The number of pyridine rings is 1. The molecule has 0 amide bonds. The molecule has 0 saturated carbocycles. The molecule has 2 atom stereocenters. The molecular weight excluding hydrogens is 276 g/mol. The van der Waals surface area contributed by atoms with Gasteiger partial charge in [-0.1, -0.05) is 6.92 Å². The Morgan fingerprint density at radius 2 is 2.38 bits per heavy atom. The van der Waals surface area contributed by atoms with E-state index in [-0.39, 0.29) is 23.0 Å². The Bertz CT molecular complexity index is 625. The summed E-state index contributed by atoms with van der Waals surface area (Å²) >= 11 is 0. The fourth-order valence-corrected chi connectivity index (χ4v) is 2.66. The first-order chi connectivity index (χ1) is 9.95. The fourth-order valence-electron chi connectivity index (χ4n) is 2.66. The SMILES string of the molecule is CC1CCCN(c2ncc([N+](=O)[O-])cc2C#N)C1C(=O)O. The summed E-state index contributed by atoms with van der Waals surface area (Å²) in [5.74, 6) is -0.868. The molecule has 0 spiro atoms. The summed E-state index contributed by atoms with van der Waals surface area (Å²) in [6.45, 7) is 2.29. The highest BCUT2D eigenvalue weighted by Gasteiger charge is 2.36. The van der Waals surface area contributed by atoms with E-state index in [2.05, 4.69) is 4.98 Å². The number of nitriles is 1. The Kier molecular flexibility index (Phi) is 4.03. The van der Waals surface area contributed by atoms with Crippen molar-refractivity contribution in [1.82, 2.24) is 4.98 Å². The predicted octanol–water partition coefficient (Wildman–Crippen LogP) is 1.55. The van der Waals surface area contributed by atoms with Crippen LogP contribution in [-0.2, 0) is 4.79 Å². The molecule has 2 rings (SSSR count). The Morgan fingerprint density at radius 1 is 1.67 bits per heavy atom. The van der Waals surface area contributed by atoms with Crippen molar-refractivity contribution in [3.05, 3.63) is 27.9 Å². The van der Waals surface area contributed by atoms with Gasteiger partial charge in [0.15, 0.2) is 0 Å². The molecule has 21 heavy (non-hydrogen) atoms. The lowest BCUT2D eigenvalue weighted by molar-refractivity contribution is -0.385. The maximum Gasteiger partial charge on any atom is 0.326 e. The molecule has 1 aromatic rings. The third-order valence-electron chi connectivity index (χ3n) is 3.64. The summed E-state index contributed by atoms with van der Waals surface area (Å²) in [7, 11) is 0. The lowest BCUT2D eigenvalue weighted by atomic mass is 9.90. The first kappa shape index (κ1) is 14.7. The quantitative estimate of drug-likeness (QED) is 0.662. The maximum atomic E-state index is 11.5. The van der Waals surface area contributed by atoms with E-state index in [1.165, 1.54) is 0 Å². The van der Waals surface area contributed by atoms with Crippen LogP contribution in [0.5, 0.6) is 0 Å². The van der Waals surface area contributed by atoms with Gasteiger partial charge in [-0.25, -0.2) is 9.78 Å². The minimum atomic E-state index is -0.980. The number of anilines is 1. The molecule has 0 aromatic carbocycles. The minimum Gasteiger partial charge on any atom is -0.480 e. The first-order valence-corrected chi connectivity index (χ1v) is 6.49. The normalized spacial score (nSPS) is 21.6. The second-order valence-electron chi connectivity index (χ2n) is 5.03. The van der Waals surface area contributed by atoms with Crippen LogP contribution in [0.4, 0.5) is 11.5 Å². The van der Waals surface area contributed by atoms with Crippen LogP contribution < -0.4 is 4.90 Å². The number of aliphatic carboxylic acids is 1. The van der Waals surface area contributed by atoms with Crippen molar-refractivity contribution >= 4 is 17.5 Å². The van der Waals surface area contributed by atoms with Crippen LogP contribution in [0.15, 0.2) is 12.3 Å². The number of nitrogens with zero attached hydrogens (tertiary/aromatic N) is 4. The summed E-state index contributed by atoms with van der Waals surface area (Å²) in [5.41, 5.74) is -0.267. The van der Waals surface area contributed by atoms with Crippen LogP contribution in [-0.4, -0.2) is 33.6 Å². The molecule has 110 valence electrons. The van der Waals surface area contributed by atoms with Gasteiger partial charge in [-0.2, -0.15) is 5.26 Å². The summed E-state index contributed by atoms with van der Waals surface area (Å²) in [5, 5.41) is 29.3. The van der Waals surface area contributed by atoms with Gasteiger partial charge in [0.1, 0.15) is 29.7 Å². The van der Waals surface area contributed by atoms with E-state index < -0.39 is 16.9 Å². The van der Waals surface area contributed by atoms with Gasteiger partial charge in [-0.05, 0) is 18.8 Å². The third-order valence-corrected chi connectivity index (χ3v) is 3.64. The molecular formula is C13H14N4O4. The molecule has 0 radical (unpaired) electrons. The van der Waals surface area contributed by atoms with Crippen LogP contribution in [0.1, 0.15) is 25.3 Å². The van der Waals surface area contributed by atoms with Gasteiger partial charge < -0.3 is 10.0 Å². The molecule has 1 aliphatic rings. The monoisotopic (exact) mass is 290 g/mol. The van der Waals surface area contributed by atoms with Crippen molar-refractivity contribution in [3.8, 4) is 6.07 Å². The number of aromatic nitrogens is 1. The molecule has 1 N–H and O–H groups in total. The number of nitro groups is 1. The molecule has 1 fully saturated rings. The standard InChI is InChI=1S/C13H14N4O4/c1-8-3-2-4-16(11(8)13(18)19)12-9(6-14)5-10(7-15-12)17(20)21/h5,7-8,11H,2-4H2,1H3,(H,18,19). The number of piperidine rings is 1.